The molecule has 0 aromatic heterocycles. The molecule has 2 aromatic rings. The van der Waals surface area contributed by atoms with Crippen LogP contribution in [0.1, 0.15) is 22.8 Å². The highest BCUT2D eigenvalue weighted by Crippen LogP contribution is 2.17. The van der Waals surface area contributed by atoms with Crippen molar-refractivity contribution in [3.63, 3.8) is 0 Å². The number of nitrogens with zero attached hydrogens (tertiary/aromatic N) is 1. The minimum absolute atomic E-state index is 0.0315. The molecule has 3 nitrogen and oxygen atoms in total. The maximum Gasteiger partial charge on any atom is 0.253 e. The van der Waals surface area contributed by atoms with Crippen LogP contribution in [0.5, 0.6) is 0 Å². The van der Waals surface area contributed by atoms with Gasteiger partial charge in [-0.2, -0.15) is 0 Å². The summed E-state index contributed by atoms with van der Waals surface area (Å²) in [6.45, 7) is 5.31. The lowest BCUT2D eigenvalue weighted by molar-refractivity contribution is -0.114. The number of ketones is 1. The predicted molar refractivity (Wildman–Crippen MR) is 84.5 cm³/mol. The van der Waals surface area contributed by atoms with Gasteiger partial charge in [-0.25, -0.2) is 0 Å². The molecule has 0 N–H and O–H groups in total. The molecule has 0 bridgehead atoms. The second kappa shape index (κ2) is 6.18. The Kier molecular flexibility index (Phi) is 4.33. The van der Waals surface area contributed by atoms with Crippen LogP contribution in [0.25, 0.3) is 0 Å². The van der Waals surface area contributed by atoms with Gasteiger partial charge in [-0.1, -0.05) is 36.9 Å². The maximum atomic E-state index is 12.3. The number of hydrogen-bond acceptors (Lipinski definition) is 2. The van der Waals surface area contributed by atoms with Crippen LogP contribution < -0.4 is 4.90 Å². The molecule has 0 unspecified atom stereocenters. The number of amides is 1. The van der Waals surface area contributed by atoms with Crippen molar-refractivity contribution in [3.8, 4) is 0 Å². The van der Waals surface area contributed by atoms with Crippen LogP contribution in [0, 0.1) is 0 Å². The van der Waals surface area contributed by atoms with Gasteiger partial charge in [-0.3, -0.25) is 9.59 Å². The summed E-state index contributed by atoms with van der Waals surface area (Å²) in [5, 5.41) is 0. The zero-order chi connectivity index (χ0) is 15.4. The van der Waals surface area contributed by atoms with Crippen molar-refractivity contribution in [1.82, 2.24) is 0 Å². The molecule has 0 saturated carbocycles. The van der Waals surface area contributed by atoms with E-state index in [0.29, 0.717) is 16.7 Å². The predicted octanol–water partition coefficient (Wildman–Crippen LogP) is 3.46. The van der Waals surface area contributed by atoms with Crippen LogP contribution in [0.3, 0.4) is 0 Å². The Morgan fingerprint density at radius 3 is 1.95 bits per heavy atom. The van der Waals surface area contributed by atoms with Gasteiger partial charge >= 0.3 is 0 Å². The lowest BCUT2D eigenvalue weighted by Crippen LogP contribution is -2.26. The van der Waals surface area contributed by atoms with Crippen LogP contribution in [0.15, 0.2) is 66.7 Å². The fourth-order valence-electron chi connectivity index (χ4n) is 2.00. The van der Waals surface area contributed by atoms with E-state index >= 15 is 0 Å². The number of carbonyl (C=O) groups excluding carboxylic acids is 2. The molecule has 106 valence electrons. The standard InChI is InChI=1S/C18H17NO2/c1-13(2)18(21)19(3)16-11-9-15(10-12-16)17(20)14-7-5-4-6-8-14/h4-12H,1H2,2-3H3. The van der Waals surface area contributed by atoms with Crippen LogP contribution >= 0.6 is 0 Å². The highest BCUT2D eigenvalue weighted by molar-refractivity contribution is 6.09. The first-order valence-electron chi connectivity index (χ1n) is 6.64. The van der Waals surface area contributed by atoms with Crippen LogP contribution in [0.4, 0.5) is 5.69 Å². The normalized spacial score (nSPS) is 10.0. The van der Waals surface area contributed by atoms with Crippen LogP contribution in [-0.4, -0.2) is 18.7 Å². The minimum Gasteiger partial charge on any atom is -0.312 e. The van der Waals surface area contributed by atoms with Gasteiger partial charge in [0.25, 0.3) is 5.91 Å². The number of likely N-dealkylation sites (N-methyl/N-ethyl adjacent to an activating group) is 1. The molecule has 0 fully saturated rings. The minimum atomic E-state index is -0.142. The van der Waals surface area contributed by atoms with E-state index in [4.69, 9.17) is 0 Å². The largest absolute Gasteiger partial charge is 0.312 e. The second-order valence-corrected chi connectivity index (χ2v) is 4.89. The Labute approximate surface area is 124 Å². The Morgan fingerprint density at radius 2 is 1.43 bits per heavy atom. The van der Waals surface area contributed by atoms with Crippen molar-refractivity contribution in [2.75, 3.05) is 11.9 Å². The first kappa shape index (κ1) is 14.7. The topological polar surface area (TPSA) is 37.4 Å². The van der Waals surface area contributed by atoms with E-state index in [1.807, 2.05) is 18.2 Å². The molecule has 0 spiro atoms. The Hall–Kier alpha value is -2.68. The van der Waals surface area contributed by atoms with Gasteiger partial charge in [0, 0.05) is 29.4 Å². The number of benzene rings is 2. The summed E-state index contributed by atoms with van der Waals surface area (Å²) in [6.07, 6.45) is 0. The molecule has 2 rings (SSSR count). The molecule has 0 aliphatic rings. The van der Waals surface area contributed by atoms with Gasteiger partial charge in [0.1, 0.15) is 0 Å². The monoisotopic (exact) mass is 279 g/mol. The quantitative estimate of drug-likeness (QED) is 0.635. The summed E-state index contributed by atoms with van der Waals surface area (Å²) in [4.78, 5) is 25.6. The molecule has 0 heterocycles. The smallest absolute Gasteiger partial charge is 0.253 e. The number of hydrogen-bond donors (Lipinski definition) is 0. The highest BCUT2D eigenvalue weighted by Gasteiger charge is 2.13. The number of rotatable bonds is 4. The van der Waals surface area contributed by atoms with Gasteiger partial charge in [0.2, 0.25) is 0 Å². The summed E-state index contributed by atoms with van der Waals surface area (Å²) in [6, 6.07) is 16.1. The van der Waals surface area contributed by atoms with Crippen molar-refractivity contribution in [1.29, 1.82) is 0 Å². The molecule has 3 heteroatoms. The summed E-state index contributed by atoms with van der Waals surface area (Å²) < 4.78 is 0. The van der Waals surface area contributed by atoms with Crippen molar-refractivity contribution in [3.05, 3.63) is 77.9 Å². The Morgan fingerprint density at radius 1 is 0.905 bits per heavy atom. The zero-order valence-electron chi connectivity index (χ0n) is 12.2. The summed E-state index contributed by atoms with van der Waals surface area (Å²) in [5.41, 5.74) is 2.45. The summed E-state index contributed by atoms with van der Waals surface area (Å²) in [5.74, 6) is -0.173. The summed E-state index contributed by atoms with van der Waals surface area (Å²) >= 11 is 0. The fourth-order valence-corrected chi connectivity index (χ4v) is 2.00. The summed E-state index contributed by atoms with van der Waals surface area (Å²) in [7, 11) is 1.69. The van der Waals surface area contributed by atoms with E-state index in [0.717, 1.165) is 5.69 Å². The average molecular weight is 279 g/mol. The number of anilines is 1. The third kappa shape index (κ3) is 3.26. The van der Waals surface area contributed by atoms with Gasteiger partial charge in [0.05, 0.1) is 0 Å². The molecule has 0 atom stereocenters. The van der Waals surface area contributed by atoms with E-state index < -0.39 is 0 Å². The molecule has 0 aliphatic heterocycles. The fraction of sp³-hybridized carbons (Fsp3) is 0.111. The first-order chi connectivity index (χ1) is 10.0. The molecule has 0 saturated heterocycles. The lowest BCUT2D eigenvalue weighted by Gasteiger charge is -2.17. The van der Waals surface area contributed by atoms with E-state index in [9.17, 15) is 9.59 Å². The van der Waals surface area contributed by atoms with Gasteiger partial charge in [-0.15, -0.1) is 0 Å². The van der Waals surface area contributed by atoms with Crippen molar-refractivity contribution >= 4 is 17.4 Å². The van der Waals surface area contributed by atoms with Gasteiger partial charge in [0.15, 0.2) is 5.78 Å². The zero-order valence-corrected chi connectivity index (χ0v) is 12.2. The lowest BCUT2D eigenvalue weighted by atomic mass is 10.0. The van der Waals surface area contributed by atoms with E-state index in [1.54, 1.807) is 50.4 Å². The third-order valence-electron chi connectivity index (χ3n) is 3.22. The van der Waals surface area contributed by atoms with E-state index in [2.05, 4.69) is 6.58 Å². The molecule has 0 aliphatic carbocycles. The molecule has 21 heavy (non-hydrogen) atoms. The van der Waals surface area contributed by atoms with E-state index in [1.165, 1.54) is 4.90 Å². The van der Waals surface area contributed by atoms with Gasteiger partial charge < -0.3 is 4.90 Å². The van der Waals surface area contributed by atoms with Crippen molar-refractivity contribution < 1.29 is 9.59 Å². The Balaban J connectivity index is 2.22. The number of carbonyl (C=O) groups is 2. The maximum absolute atomic E-state index is 12.3. The highest BCUT2D eigenvalue weighted by atomic mass is 16.2. The van der Waals surface area contributed by atoms with Crippen molar-refractivity contribution in [2.24, 2.45) is 0 Å². The molecule has 2 aromatic carbocycles. The SMILES string of the molecule is C=C(C)C(=O)N(C)c1ccc(C(=O)c2ccccc2)cc1. The molecular weight excluding hydrogens is 262 g/mol. The van der Waals surface area contributed by atoms with E-state index in [-0.39, 0.29) is 11.7 Å². The van der Waals surface area contributed by atoms with Gasteiger partial charge in [-0.05, 0) is 31.2 Å². The third-order valence-corrected chi connectivity index (χ3v) is 3.22. The first-order valence-corrected chi connectivity index (χ1v) is 6.64. The van der Waals surface area contributed by atoms with Crippen molar-refractivity contribution in [2.45, 2.75) is 6.92 Å². The second-order valence-electron chi connectivity index (χ2n) is 4.89. The molecule has 1 amide bonds. The average Bonchev–Trinajstić information content (AvgIpc) is 2.53. The Bertz CT molecular complexity index is 672. The van der Waals surface area contributed by atoms with Crippen LogP contribution in [-0.2, 0) is 4.79 Å². The van der Waals surface area contributed by atoms with Crippen LogP contribution in [0.2, 0.25) is 0 Å². The molecular formula is C18H17NO2. The molecule has 0 radical (unpaired) electrons.